The van der Waals surface area contributed by atoms with Gasteiger partial charge in [-0.05, 0) is 18.0 Å². The van der Waals surface area contributed by atoms with Crippen molar-refractivity contribution < 1.29 is 4.79 Å². The Morgan fingerprint density at radius 3 is 3.36 bits per heavy atom. The van der Waals surface area contributed by atoms with E-state index in [0.717, 1.165) is 10.6 Å². The van der Waals surface area contributed by atoms with Crippen LogP contribution in [0.25, 0.3) is 0 Å². The van der Waals surface area contributed by atoms with E-state index in [4.69, 9.17) is 0 Å². The molecule has 2 heterocycles. The van der Waals surface area contributed by atoms with Crippen molar-refractivity contribution >= 4 is 23.7 Å². The van der Waals surface area contributed by atoms with Gasteiger partial charge in [-0.15, -0.1) is 0 Å². The molecule has 0 aliphatic carbocycles. The lowest BCUT2D eigenvalue weighted by Gasteiger charge is -2.15. The first-order valence-electron chi connectivity index (χ1n) is 3.04. The predicted molar refractivity (Wildman–Crippen MR) is 42.2 cm³/mol. The highest BCUT2D eigenvalue weighted by Crippen LogP contribution is 2.26. The van der Waals surface area contributed by atoms with E-state index in [1.165, 1.54) is 11.9 Å². The molecule has 11 heavy (non-hydrogen) atoms. The Labute approximate surface area is 67.5 Å². The minimum Gasteiger partial charge on any atom is -0.306 e. The summed E-state index contributed by atoms with van der Waals surface area (Å²) in [6, 6.07) is 1.58. The first-order valence-corrected chi connectivity index (χ1v) is 3.86. The summed E-state index contributed by atoms with van der Waals surface area (Å²) >= 11 is 1.27. The molecule has 0 unspecified atom stereocenters. The van der Waals surface area contributed by atoms with Crippen LogP contribution in [0.3, 0.4) is 0 Å². The molecule has 2 rings (SSSR count). The van der Waals surface area contributed by atoms with Crippen LogP contribution in [0.2, 0.25) is 0 Å². The fourth-order valence-corrected chi connectivity index (χ4v) is 1.41. The van der Waals surface area contributed by atoms with E-state index in [0.29, 0.717) is 0 Å². The van der Waals surface area contributed by atoms with Crippen molar-refractivity contribution in [3.8, 4) is 0 Å². The Morgan fingerprint density at radius 1 is 1.55 bits per heavy atom. The van der Waals surface area contributed by atoms with E-state index in [1.54, 1.807) is 18.5 Å². The highest BCUT2D eigenvalue weighted by Gasteiger charge is 2.13. The molecule has 0 fully saturated rings. The van der Waals surface area contributed by atoms with Gasteiger partial charge in [0.05, 0.1) is 10.6 Å². The number of nitrogens with zero attached hydrogens (tertiary/aromatic N) is 1. The first kappa shape index (κ1) is 6.48. The van der Waals surface area contributed by atoms with E-state index in [2.05, 4.69) is 15.0 Å². The highest BCUT2D eigenvalue weighted by atomic mass is 32.2. The maximum Gasteiger partial charge on any atom is 0.329 e. The predicted octanol–water partition coefficient (Wildman–Crippen LogP) is 1.22. The number of rotatable bonds is 0. The number of aromatic nitrogens is 1. The number of fused-ring (bicyclic) bond motifs is 1. The van der Waals surface area contributed by atoms with Gasteiger partial charge in [-0.1, -0.05) is 0 Å². The third-order valence-electron chi connectivity index (χ3n) is 1.29. The summed E-state index contributed by atoms with van der Waals surface area (Å²) in [7, 11) is 0. The average Bonchev–Trinajstić information content (AvgIpc) is 2.04. The monoisotopic (exact) mass is 167 g/mol. The Balaban J connectivity index is 2.41. The molecule has 0 saturated heterocycles. The van der Waals surface area contributed by atoms with Crippen LogP contribution in [0.1, 0.15) is 0 Å². The lowest BCUT2D eigenvalue weighted by atomic mass is 10.4. The zero-order valence-corrected chi connectivity index (χ0v) is 6.31. The lowest BCUT2D eigenvalue weighted by molar-refractivity contribution is 0.257. The van der Waals surface area contributed by atoms with Gasteiger partial charge in [-0.3, -0.25) is 9.71 Å². The second-order valence-corrected chi connectivity index (χ2v) is 2.88. The van der Waals surface area contributed by atoms with Crippen molar-refractivity contribution in [3.05, 3.63) is 18.5 Å². The third-order valence-corrected chi connectivity index (χ3v) is 2.12. The van der Waals surface area contributed by atoms with Gasteiger partial charge in [-0.2, -0.15) is 0 Å². The summed E-state index contributed by atoms with van der Waals surface area (Å²) < 4.78 is 2.56. The van der Waals surface area contributed by atoms with E-state index in [9.17, 15) is 4.79 Å². The quantitative estimate of drug-likeness (QED) is 0.571. The number of urea groups is 1. The number of pyridine rings is 1. The van der Waals surface area contributed by atoms with Crippen LogP contribution in [0, 0.1) is 0 Å². The van der Waals surface area contributed by atoms with Gasteiger partial charge in [0.15, 0.2) is 0 Å². The van der Waals surface area contributed by atoms with Gasteiger partial charge in [0.1, 0.15) is 0 Å². The van der Waals surface area contributed by atoms with E-state index in [1.807, 2.05) is 0 Å². The maximum atomic E-state index is 10.8. The second-order valence-electron chi connectivity index (χ2n) is 2.03. The number of carbonyl (C=O) groups is 1. The zero-order valence-electron chi connectivity index (χ0n) is 5.50. The molecule has 0 radical (unpaired) electrons. The molecule has 0 aromatic carbocycles. The Morgan fingerprint density at radius 2 is 2.45 bits per heavy atom. The molecule has 4 nitrogen and oxygen atoms in total. The van der Waals surface area contributed by atoms with Crippen LogP contribution in [-0.4, -0.2) is 11.0 Å². The first-order chi connectivity index (χ1) is 5.36. The zero-order chi connectivity index (χ0) is 7.68. The van der Waals surface area contributed by atoms with Crippen LogP contribution >= 0.6 is 11.9 Å². The summed E-state index contributed by atoms with van der Waals surface area (Å²) in [6.07, 6.45) is 3.34. The number of anilines is 1. The van der Waals surface area contributed by atoms with Crippen molar-refractivity contribution in [2.24, 2.45) is 0 Å². The number of amides is 2. The lowest BCUT2D eigenvalue weighted by Crippen LogP contribution is -2.26. The molecule has 1 aliphatic heterocycles. The van der Waals surface area contributed by atoms with Crippen molar-refractivity contribution in [1.29, 1.82) is 0 Å². The van der Waals surface area contributed by atoms with Gasteiger partial charge in [0, 0.05) is 12.4 Å². The molecular formula is C6H5N3OS. The molecule has 0 spiro atoms. The molecule has 56 valence electrons. The molecule has 1 aliphatic rings. The smallest absolute Gasteiger partial charge is 0.306 e. The van der Waals surface area contributed by atoms with E-state index < -0.39 is 0 Å². The van der Waals surface area contributed by atoms with Crippen molar-refractivity contribution in [2.45, 2.75) is 4.90 Å². The van der Waals surface area contributed by atoms with Crippen molar-refractivity contribution in [3.63, 3.8) is 0 Å². The Hall–Kier alpha value is -1.23. The van der Waals surface area contributed by atoms with Crippen LogP contribution < -0.4 is 10.0 Å². The molecule has 2 N–H and O–H groups in total. The van der Waals surface area contributed by atoms with Crippen molar-refractivity contribution in [2.75, 3.05) is 5.32 Å². The number of carbonyl (C=O) groups excluding carboxylic acids is 1. The summed E-state index contributed by atoms with van der Waals surface area (Å²) in [5.74, 6) is 0. The Bertz CT molecular complexity index is 302. The summed E-state index contributed by atoms with van der Waals surface area (Å²) in [5.41, 5.74) is 0.814. The topological polar surface area (TPSA) is 54.0 Å². The van der Waals surface area contributed by atoms with Gasteiger partial charge >= 0.3 is 6.03 Å². The largest absolute Gasteiger partial charge is 0.329 e. The van der Waals surface area contributed by atoms with E-state index in [-0.39, 0.29) is 6.03 Å². The highest BCUT2D eigenvalue weighted by molar-refractivity contribution is 7.98. The van der Waals surface area contributed by atoms with Gasteiger partial charge < -0.3 is 5.32 Å². The fraction of sp³-hybridized carbons (Fsp3) is 0. The Kier molecular flexibility index (Phi) is 1.43. The van der Waals surface area contributed by atoms with Crippen LogP contribution in [0.5, 0.6) is 0 Å². The van der Waals surface area contributed by atoms with Gasteiger partial charge in [0.2, 0.25) is 0 Å². The normalized spacial score (nSPS) is 14.7. The molecule has 0 saturated carbocycles. The number of hydrogen-bond donors (Lipinski definition) is 2. The molecular weight excluding hydrogens is 162 g/mol. The third kappa shape index (κ3) is 1.14. The molecule has 0 bridgehead atoms. The molecule has 2 amide bonds. The number of hydrogen-bond acceptors (Lipinski definition) is 3. The minimum absolute atomic E-state index is 0.186. The number of nitrogens with one attached hydrogen (secondary N) is 2. The SMILES string of the molecule is O=C1NSc2cnccc2N1. The standard InChI is InChI=1S/C6H5N3OS/c10-6-8-4-1-2-7-3-5(4)11-9-6/h1-3H,(H2,8,9,10). The van der Waals surface area contributed by atoms with Crippen LogP contribution in [0.4, 0.5) is 10.5 Å². The molecule has 5 heteroatoms. The average molecular weight is 167 g/mol. The van der Waals surface area contributed by atoms with Gasteiger partial charge in [-0.25, -0.2) is 4.79 Å². The molecule has 1 aromatic heterocycles. The second kappa shape index (κ2) is 2.43. The van der Waals surface area contributed by atoms with Crippen LogP contribution in [0.15, 0.2) is 23.4 Å². The maximum absolute atomic E-state index is 10.8. The van der Waals surface area contributed by atoms with Crippen molar-refractivity contribution in [1.82, 2.24) is 9.71 Å². The summed E-state index contributed by atoms with van der Waals surface area (Å²) in [4.78, 5) is 15.6. The van der Waals surface area contributed by atoms with E-state index >= 15 is 0 Å². The fourth-order valence-electron chi connectivity index (χ4n) is 0.814. The molecule has 1 aromatic rings. The van der Waals surface area contributed by atoms with Gasteiger partial charge in [0.25, 0.3) is 0 Å². The summed E-state index contributed by atoms with van der Waals surface area (Å²) in [6.45, 7) is 0. The minimum atomic E-state index is -0.186. The molecule has 0 atom stereocenters. The van der Waals surface area contributed by atoms with Crippen LogP contribution in [-0.2, 0) is 0 Å². The summed E-state index contributed by atoms with van der Waals surface area (Å²) in [5, 5.41) is 2.65.